The number of nitrogens with one attached hydrogen (secondary N) is 1. The van der Waals surface area contributed by atoms with Crippen LogP contribution in [0.1, 0.15) is 39.3 Å². The van der Waals surface area contributed by atoms with Crippen molar-refractivity contribution in [1.29, 1.82) is 0 Å². The van der Waals surface area contributed by atoms with Crippen molar-refractivity contribution in [2.24, 2.45) is 0 Å². The fourth-order valence-corrected chi connectivity index (χ4v) is 5.63. The van der Waals surface area contributed by atoms with E-state index in [0.717, 1.165) is 65.9 Å². The fraction of sp³-hybridized carbons (Fsp3) is 0.344. The van der Waals surface area contributed by atoms with Gasteiger partial charge in [-0.3, -0.25) is 14.6 Å². The number of hydrogen-bond donors (Lipinski definition) is 1. The Kier molecular flexibility index (Phi) is 8.18. The molecule has 0 spiro atoms. The van der Waals surface area contributed by atoms with Crippen LogP contribution in [0.25, 0.3) is 16.6 Å². The van der Waals surface area contributed by atoms with E-state index in [4.69, 9.17) is 4.74 Å². The van der Waals surface area contributed by atoms with E-state index < -0.39 is 11.7 Å². The molecule has 1 saturated heterocycles. The molecule has 224 valence electrons. The number of halogens is 3. The van der Waals surface area contributed by atoms with Gasteiger partial charge in [0.1, 0.15) is 0 Å². The molecule has 2 aromatic carbocycles. The van der Waals surface area contributed by atoms with Crippen LogP contribution < -0.4 is 4.74 Å². The number of methoxy groups -OCH3 is 1. The van der Waals surface area contributed by atoms with Gasteiger partial charge < -0.3 is 14.6 Å². The van der Waals surface area contributed by atoms with Crippen molar-refractivity contribution in [2.45, 2.75) is 25.7 Å². The molecule has 1 N–H and O–H groups in total. The van der Waals surface area contributed by atoms with Crippen LogP contribution in [0.15, 0.2) is 66.9 Å². The lowest BCUT2D eigenvalue weighted by Crippen LogP contribution is -2.48. The highest BCUT2D eigenvalue weighted by Gasteiger charge is 2.30. The van der Waals surface area contributed by atoms with Gasteiger partial charge in [0.05, 0.1) is 23.7 Å². The number of ether oxygens (including phenoxy) is 1. The first-order valence-corrected chi connectivity index (χ1v) is 14.3. The number of carbonyl (C=O) groups excluding carboxylic acids is 1. The molecule has 1 fully saturated rings. The second-order valence-corrected chi connectivity index (χ2v) is 11.0. The molecule has 4 aromatic rings. The number of nitrogens with zero attached hydrogens (tertiary/aromatic N) is 5. The monoisotopic (exact) mass is 590 g/mol. The third kappa shape index (κ3) is 6.73. The van der Waals surface area contributed by atoms with E-state index in [1.165, 1.54) is 17.7 Å². The first kappa shape index (κ1) is 28.9. The van der Waals surface area contributed by atoms with E-state index in [-0.39, 0.29) is 5.91 Å². The minimum atomic E-state index is -4.34. The number of imidazole rings is 1. The topological polar surface area (TPSA) is 77.6 Å². The first-order valence-electron chi connectivity index (χ1n) is 14.3. The fourth-order valence-electron chi connectivity index (χ4n) is 5.63. The second kappa shape index (κ2) is 12.2. The van der Waals surface area contributed by atoms with Crippen molar-refractivity contribution in [1.82, 2.24) is 29.7 Å². The van der Waals surface area contributed by atoms with Crippen molar-refractivity contribution < 1.29 is 22.7 Å². The maximum Gasteiger partial charge on any atom is 0.416 e. The van der Waals surface area contributed by atoms with Crippen molar-refractivity contribution in [2.75, 3.05) is 46.4 Å². The minimum absolute atomic E-state index is 0.146. The zero-order valence-corrected chi connectivity index (χ0v) is 23.9. The van der Waals surface area contributed by atoms with Gasteiger partial charge in [-0.2, -0.15) is 13.2 Å². The summed E-state index contributed by atoms with van der Waals surface area (Å²) in [5, 5.41) is 0. The smallest absolute Gasteiger partial charge is 0.416 e. The summed E-state index contributed by atoms with van der Waals surface area (Å²) in [5.41, 5.74) is 5.29. The lowest BCUT2D eigenvalue weighted by atomic mass is 9.99. The van der Waals surface area contributed by atoms with Gasteiger partial charge in [0.15, 0.2) is 5.82 Å². The Morgan fingerprint density at radius 3 is 2.33 bits per heavy atom. The van der Waals surface area contributed by atoms with Crippen molar-refractivity contribution in [3.05, 3.63) is 94.9 Å². The van der Waals surface area contributed by atoms with E-state index in [2.05, 4.69) is 43.0 Å². The molecule has 0 aliphatic carbocycles. The number of benzene rings is 2. The summed E-state index contributed by atoms with van der Waals surface area (Å²) < 4.78 is 43.7. The Labute approximate surface area is 247 Å². The number of amides is 1. The molecule has 2 aliphatic heterocycles. The van der Waals surface area contributed by atoms with Gasteiger partial charge in [0.2, 0.25) is 5.88 Å². The van der Waals surface area contributed by atoms with E-state index in [1.54, 1.807) is 12.0 Å². The number of aromatic nitrogens is 3. The number of H-pyrrole nitrogens is 1. The Balaban J connectivity index is 1.04. The van der Waals surface area contributed by atoms with Gasteiger partial charge in [-0.25, -0.2) is 9.97 Å². The van der Waals surface area contributed by atoms with Crippen LogP contribution in [0.4, 0.5) is 13.2 Å². The molecule has 4 heterocycles. The third-order valence-corrected chi connectivity index (χ3v) is 8.11. The number of alkyl halides is 3. The van der Waals surface area contributed by atoms with Crippen LogP contribution >= 0.6 is 0 Å². The molecule has 0 radical (unpaired) electrons. The molecule has 43 heavy (non-hydrogen) atoms. The molecule has 0 atom stereocenters. The quantitative estimate of drug-likeness (QED) is 0.318. The predicted molar refractivity (Wildman–Crippen MR) is 157 cm³/mol. The zero-order chi connectivity index (χ0) is 30.0. The Hall–Kier alpha value is -4.22. The number of pyridine rings is 1. The molecule has 11 heteroatoms. The average Bonchev–Trinajstić information content (AvgIpc) is 3.45. The zero-order valence-electron chi connectivity index (χ0n) is 23.9. The largest absolute Gasteiger partial charge is 0.481 e. The summed E-state index contributed by atoms with van der Waals surface area (Å²) in [4.78, 5) is 31.6. The van der Waals surface area contributed by atoms with Crippen LogP contribution in [-0.2, 0) is 19.3 Å². The molecule has 0 unspecified atom stereocenters. The number of hydrogen-bond acceptors (Lipinski definition) is 6. The third-order valence-electron chi connectivity index (χ3n) is 8.11. The molecular formula is C32H33F3N6O2. The summed E-state index contributed by atoms with van der Waals surface area (Å²) >= 11 is 0. The molecule has 0 bridgehead atoms. The highest BCUT2D eigenvalue weighted by atomic mass is 19.4. The van der Waals surface area contributed by atoms with Crippen molar-refractivity contribution in [3.8, 4) is 5.88 Å². The van der Waals surface area contributed by atoms with Gasteiger partial charge >= 0.3 is 6.18 Å². The van der Waals surface area contributed by atoms with Crippen LogP contribution in [0.3, 0.4) is 0 Å². The average molecular weight is 591 g/mol. The summed E-state index contributed by atoms with van der Waals surface area (Å²) in [6.45, 7) is 5.48. The van der Waals surface area contributed by atoms with E-state index in [1.807, 2.05) is 24.4 Å². The molecular weight excluding hydrogens is 557 g/mol. The van der Waals surface area contributed by atoms with Gasteiger partial charge in [-0.15, -0.1) is 0 Å². The number of rotatable bonds is 7. The molecule has 6 rings (SSSR count). The molecule has 0 saturated carbocycles. The lowest BCUT2D eigenvalue weighted by Gasteiger charge is -2.34. The Morgan fingerprint density at radius 2 is 1.67 bits per heavy atom. The maximum atomic E-state index is 13.3. The SMILES string of the molecule is COc1ccc(CN2CC=C(c3ccc4nc(C(=O)N5CCN(Cc6ccc(C(F)(F)F)cc6)CC5)[nH]c4c3)CC2)cn1. The van der Waals surface area contributed by atoms with E-state index in [0.29, 0.717) is 44.4 Å². The van der Waals surface area contributed by atoms with Gasteiger partial charge in [0, 0.05) is 64.6 Å². The molecule has 8 nitrogen and oxygen atoms in total. The number of fused-ring (bicyclic) bond motifs is 1. The predicted octanol–water partition coefficient (Wildman–Crippen LogP) is 5.23. The number of carbonyl (C=O) groups is 1. The second-order valence-electron chi connectivity index (χ2n) is 11.0. The summed E-state index contributed by atoms with van der Waals surface area (Å²) in [7, 11) is 1.61. The van der Waals surface area contributed by atoms with Crippen LogP contribution in [-0.4, -0.2) is 81.9 Å². The van der Waals surface area contributed by atoms with Gasteiger partial charge in [-0.1, -0.05) is 30.3 Å². The first-order chi connectivity index (χ1) is 20.7. The maximum absolute atomic E-state index is 13.3. The summed E-state index contributed by atoms with van der Waals surface area (Å²) in [6, 6.07) is 15.3. The van der Waals surface area contributed by atoms with Crippen LogP contribution in [0, 0.1) is 0 Å². The van der Waals surface area contributed by atoms with Gasteiger partial charge in [0.25, 0.3) is 5.91 Å². The van der Waals surface area contributed by atoms with Crippen molar-refractivity contribution in [3.63, 3.8) is 0 Å². The van der Waals surface area contributed by atoms with E-state index in [9.17, 15) is 18.0 Å². The number of aromatic amines is 1. The normalized spacial score (nSPS) is 16.8. The highest BCUT2D eigenvalue weighted by molar-refractivity contribution is 5.94. The molecule has 1 amide bonds. The van der Waals surface area contributed by atoms with Crippen LogP contribution in [0.2, 0.25) is 0 Å². The van der Waals surface area contributed by atoms with Crippen LogP contribution in [0.5, 0.6) is 5.88 Å². The lowest BCUT2D eigenvalue weighted by molar-refractivity contribution is -0.137. The summed E-state index contributed by atoms with van der Waals surface area (Å²) in [6.07, 6.45) is 0.696. The molecule has 2 aromatic heterocycles. The highest BCUT2D eigenvalue weighted by Crippen LogP contribution is 2.29. The van der Waals surface area contributed by atoms with E-state index >= 15 is 0 Å². The Bertz CT molecular complexity index is 1610. The standard InChI is InChI=1S/C32H33F3N6O2/c1-43-29-9-4-23(19-36-29)21-39-12-10-24(11-13-39)25-5-8-27-28(18-25)38-30(37-27)31(42)41-16-14-40(15-17-41)20-22-2-6-26(7-3-22)32(33,34)35/h2-10,18-19H,11-17,20-21H2,1H3,(H,37,38). The van der Waals surface area contributed by atoms with Gasteiger partial charge in [-0.05, 0) is 52.9 Å². The Morgan fingerprint density at radius 1 is 0.930 bits per heavy atom. The number of piperazine rings is 1. The van der Waals surface area contributed by atoms with Crippen molar-refractivity contribution >= 4 is 22.5 Å². The summed E-state index contributed by atoms with van der Waals surface area (Å²) in [5.74, 6) is 0.786. The minimum Gasteiger partial charge on any atom is -0.481 e. The molecule has 2 aliphatic rings.